The minimum Gasteiger partial charge on any atom is -0.504 e. The Balaban J connectivity index is 3.39. The highest BCUT2D eigenvalue weighted by molar-refractivity contribution is 9.13. The van der Waals surface area contributed by atoms with E-state index in [0.717, 1.165) is 0 Å². The molecular weight excluding hydrogens is 328 g/mol. The van der Waals surface area contributed by atoms with Crippen LogP contribution < -0.4 is 0 Å². The van der Waals surface area contributed by atoms with Crippen molar-refractivity contribution in [2.45, 2.75) is 6.92 Å². The first-order chi connectivity index (χ1) is 6.97. The summed E-state index contributed by atoms with van der Waals surface area (Å²) in [7, 11) is 0. The Hall–Kier alpha value is -0.810. The highest BCUT2D eigenvalue weighted by Crippen LogP contribution is 2.41. The molecule has 0 amide bonds. The van der Waals surface area contributed by atoms with Crippen molar-refractivity contribution < 1.29 is 15.0 Å². The summed E-state index contributed by atoms with van der Waals surface area (Å²) in [5, 5.41) is 18.8. The number of rotatable bonds is 2. The third kappa shape index (κ3) is 2.60. The van der Waals surface area contributed by atoms with Gasteiger partial charge >= 0.3 is 0 Å². The van der Waals surface area contributed by atoms with E-state index in [9.17, 15) is 15.0 Å². The van der Waals surface area contributed by atoms with Crippen molar-refractivity contribution in [1.29, 1.82) is 0 Å². The Morgan fingerprint density at radius 2 is 1.93 bits per heavy atom. The Kier molecular flexibility index (Phi) is 3.93. The molecule has 1 aromatic rings. The van der Waals surface area contributed by atoms with Gasteiger partial charge in [0.2, 0.25) is 0 Å². The van der Waals surface area contributed by atoms with Crippen molar-refractivity contribution in [2.24, 2.45) is 0 Å². The third-order valence-corrected chi connectivity index (χ3v) is 3.92. The van der Waals surface area contributed by atoms with Gasteiger partial charge in [0, 0.05) is 4.47 Å². The fourth-order valence-electron chi connectivity index (χ4n) is 1.01. The second kappa shape index (κ2) is 4.81. The Bertz CT molecular complexity index is 439. The molecule has 0 atom stereocenters. The van der Waals surface area contributed by atoms with Crippen LogP contribution in [-0.2, 0) is 4.79 Å². The zero-order valence-corrected chi connectivity index (χ0v) is 11.0. The quantitative estimate of drug-likeness (QED) is 0.495. The number of hydrogen-bond acceptors (Lipinski definition) is 3. The fourth-order valence-corrected chi connectivity index (χ4v) is 1.86. The van der Waals surface area contributed by atoms with Crippen LogP contribution in [0.2, 0.25) is 0 Å². The van der Waals surface area contributed by atoms with Crippen LogP contribution >= 0.6 is 31.9 Å². The van der Waals surface area contributed by atoms with Crippen molar-refractivity contribution in [3.05, 3.63) is 26.1 Å². The SMILES string of the molecule is C/C(C=O)=C\c1cc(O)c(O)c(Br)c1Br. The Morgan fingerprint density at radius 1 is 1.33 bits per heavy atom. The van der Waals surface area contributed by atoms with Gasteiger partial charge in [-0.25, -0.2) is 0 Å². The zero-order valence-electron chi connectivity index (χ0n) is 7.79. The predicted octanol–water partition coefficient (Wildman–Crippen LogP) is 3.23. The van der Waals surface area contributed by atoms with Crippen molar-refractivity contribution in [2.75, 3.05) is 0 Å². The lowest BCUT2D eigenvalue weighted by atomic mass is 10.1. The maximum absolute atomic E-state index is 10.5. The monoisotopic (exact) mass is 334 g/mol. The number of aromatic hydroxyl groups is 2. The van der Waals surface area contributed by atoms with Crippen molar-refractivity contribution in [3.8, 4) is 11.5 Å². The first kappa shape index (κ1) is 12.3. The molecule has 0 saturated heterocycles. The van der Waals surface area contributed by atoms with Crippen LogP contribution in [0.3, 0.4) is 0 Å². The van der Waals surface area contributed by atoms with E-state index in [1.54, 1.807) is 13.0 Å². The molecule has 0 saturated carbocycles. The molecule has 80 valence electrons. The van der Waals surface area contributed by atoms with E-state index in [4.69, 9.17) is 0 Å². The van der Waals surface area contributed by atoms with Gasteiger partial charge in [-0.3, -0.25) is 4.79 Å². The number of allylic oxidation sites excluding steroid dienone is 1. The standard InChI is InChI=1S/C10H8Br2O3/c1-5(4-13)2-6-3-7(14)10(15)9(12)8(6)11/h2-4,14-15H,1H3/b5-2+. The molecule has 0 aliphatic heterocycles. The van der Waals surface area contributed by atoms with E-state index in [-0.39, 0.29) is 11.5 Å². The zero-order chi connectivity index (χ0) is 11.6. The molecule has 0 radical (unpaired) electrons. The number of phenolic OH excluding ortho intramolecular Hbond substituents is 2. The van der Waals surface area contributed by atoms with Crippen LogP contribution in [0.15, 0.2) is 20.6 Å². The number of hydrogen-bond donors (Lipinski definition) is 2. The first-order valence-electron chi connectivity index (χ1n) is 4.00. The van der Waals surface area contributed by atoms with Gasteiger partial charge in [-0.05, 0) is 62.1 Å². The number of carbonyl (C=O) groups is 1. The summed E-state index contributed by atoms with van der Waals surface area (Å²) in [6.45, 7) is 1.65. The van der Waals surface area contributed by atoms with E-state index in [1.165, 1.54) is 6.07 Å². The van der Waals surface area contributed by atoms with Crippen molar-refractivity contribution >= 4 is 44.2 Å². The molecule has 0 bridgehead atoms. The second-order valence-corrected chi connectivity index (χ2v) is 4.55. The minimum atomic E-state index is -0.241. The van der Waals surface area contributed by atoms with Crippen LogP contribution in [-0.4, -0.2) is 16.5 Å². The maximum atomic E-state index is 10.5. The highest BCUT2D eigenvalue weighted by Gasteiger charge is 2.12. The summed E-state index contributed by atoms with van der Waals surface area (Å²) in [6, 6.07) is 1.37. The molecule has 0 spiro atoms. The highest BCUT2D eigenvalue weighted by atomic mass is 79.9. The number of halogens is 2. The summed E-state index contributed by atoms with van der Waals surface area (Å²) >= 11 is 6.36. The first-order valence-corrected chi connectivity index (χ1v) is 5.59. The number of aldehydes is 1. The molecule has 0 aliphatic rings. The van der Waals surface area contributed by atoms with Crippen LogP contribution in [0.1, 0.15) is 12.5 Å². The molecule has 2 N–H and O–H groups in total. The normalized spacial score (nSPS) is 11.5. The minimum absolute atomic E-state index is 0.234. The molecule has 1 aromatic carbocycles. The van der Waals surface area contributed by atoms with Crippen LogP contribution in [0.25, 0.3) is 6.08 Å². The van der Waals surface area contributed by atoms with Crippen LogP contribution in [0.5, 0.6) is 11.5 Å². The van der Waals surface area contributed by atoms with Crippen LogP contribution in [0.4, 0.5) is 0 Å². The molecule has 3 nitrogen and oxygen atoms in total. The summed E-state index contributed by atoms with van der Waals surface area (Å²) in [6.07, 6.45) is 2.31. The van der Waals surface area contributed by atoms with E-state index >= 15 is 0 Å². The third-order valence-electron chi connectivity index (χ3n) is 1.76. The summed E-state index contributed by atoms with van der Waals surface area (Å²) in [4.78, 5) is 10.5. The van der Waals surface area contributed by atoms with E-state index in [1.807, 2.05) is 0 Å². The largest absolute Gasteiger partial charge is 0.504 e. The van der Waals surface area contributed by atoms with Gasteiger partial charge in [0.15, 0.2) is 11.5 Å². The molecule has 15 heavy (non-hydrogen) atoms. The topological polar surface area (TPSA) is 57.5 Å². The molecule has 0 heterocycles. The lowest BCUT2D eigenvalue weighted by Crippen LogP contribution is -1.83. The van der Waals surface area contributed by atoms with Crippen molar-refractivity contribution in [3.63, 3.8) is 0 Å². The summed E-state index contributed by atoms with van der Waals surface area (Å²) < 4.78 is 0.937. The maximum Gasteiger partial charge on any atom is 0.173 e. The second-order valence-electron chi connectivity index (χ2n) is 2.97. The number of carbonyl (C=O) groups excluding carboxylic acids is 1. The average molecular weight is 336 g/mol. The van der Waals surface area contributed by atoms with E-state index in [0.29, 0.717) is 26.4 Å². The van der Waals surface area contributed by atoms with Gasteiger partial charge in [0.05, 0.1) is 4.47 Å². The Morgan fingerprint density at radius 3 is 2.47 bits per heavy atom. The van der Waals surface area contributed by atoms with Crippen molar-refractivity contribution in [1.82, 2.24) is 0 Å². The van der Waals surface area contributed by atoms with Gasteiger partial charge < -0.3 is 10.2 Å². The van der Waals surface area contributed by atoms with E-state index < -0.39 is 0 Å². The molecule has 0 aromatic heterocycles. The van der Waals surface area contributed by atoms with Crippen LogP contribution in [0, 0.1) is 0 Å². The van der Waals surface area contributed by atoms with E-state index in [2.05, 4.69) is 31.9 Å². The number of phenols is 2. The molecule has 0 aliphatic carbocycles. The molecule has 5 heteroatoms. The van der Waals surface area contributed by atoms with Gasteiger partial charge in [0.1, 0.15) is 6.29 Å². The average Bonchev–Trinajstić information content (AvgIpc) is 2.22. The summed E-state index contributed by atoms with van der Waals surface area (Å²) in [5.74, 6) is -0.474. The summed E-state index contributed by atoms with van der Waals surface area (Å²) in [5.41, 5.74) is 1.13. The fraction of sp³-hybridized carbons (Fsp3) is 0.100. The molecular formula is C10H8Br2O3. The van der Waals surface area contributed by atoms with Gasteiger partial charge in [-0.2, -0.15) is 0 Å². The Labute approximate surface area is 104 Å². The lowest BCUT2D eigenvalue weighted by Gasteiger charge is -2.06. The van der Waals surface area contributed by atoms with Gasteiger partial charge in [-0.15, -0.1) is 0 Å². The molecule has 0 unspecified atom stereocenters. The van der Waals surface area contributed by atoms with Gasteiger partial charge in [0.25, 0.3) is 0 Å². The smallest absolute Gasteiger partial charge is 0.173 e. The molecule has 1 rings (SSSR count). The number of benzene rings is 1. The lowest BCUT2D eigenvalue weighted by molar-refractivity contribution is -0.104. The molecule has 0 fully saturated rings. The van der Waals surface area contributed by atoms with Gasteiger partial charge in [-0.1, -0.05) is 0 Å². The predicted molar refractivity (Wildman–Crippen MR) is 64.9 cm³/mol.